The molecular formula is C19H24N2O5S. The van der Waals surface area contributed by atoms with Gasteiger partial charge in [-0.25, -0.2) is 13.1 Å². The number of methoxy groups -OCH3 is 1. The minimum absolute atomic E-state index is 0.170. The molecule has 2 N–H and O–H groups in total. The number of hydrogen-bond donors (Lipinski definition) is 2. The van der Waals surface area contributed by atoms with E-state index in [-0.39, 0.29) is 17.4 Å². The monoisotopic (exact) mass is 392 g/mol. The molecule has 0 aliphatic carbocycles. The van der Waals surface area contributed by atoms with Crippen molar-refractivity contribution in [1.29, 1.82) is 0 Å². The molecule has 0 saturated carbocycles. The number of carbonyl (C=O) groups is 1. The van der Waals surface area contributed by atoms with Crippen LogP contribution in [0.3, 0.4) is 0 Å². The van der Waals surface area contributed by atoms with Crippen LogP contribution in [-0.4, -0.2) is 34.6 Å². The lowest BCUT2D eigenvalue weighted by Gasteiger charge is -2.12. The fraction of sp³-hybridized carbons (Fsp3) is 0.316. The van der Waals surface area contributed by atoms with E-state index in [0.717, 1.165) is 0 Å². The first-order valence-corrected chi connectivity index (χ1v) is 10.0. The molecule has 7 nitrogen and oxygen atoms in total. The molecule has 2 rings (SSSR count). The van der Waals surface area contributed by atoms with Gasteiger partial charge in [-0.1, -0.05) is 6.92 Å². The number of benzene rings is 2. The highest BCUT2D eigenvalue weighted by molar-refractivity contribution is 7.89. The van der Waals surface area contributed by atoms with Gasteiger partial charge in [-0.15, -0.1) is 0 Å². The number of nitrogens with one attached hydrogen (secondary N) is 2. The maximum atomic E-state index is 12.1. The third-order valence-electron chi connectivity index (χ3n) is 3.73. The lowest BCUT2D eigenvalue weighted by Crippen LogP contribution is -2.24. The number of sulfonamides is 1. The van der Waals surface area contributed by atoms with E-state index in [1.54, 1.807) is 44.4 Å². The molecule has 2 aromatic rings. The quantitative estimate of drug-likeness (QED) is 0.684. The van der Waals surface area contributed by atoms with Crippen molar-refractivity contribution < 1.29 is 22.7 Å². The molecule has 1 amide bonds. The lowest BCUT2D eigenvalue weighted by molar-refractivity contribution is -0.118. The molecule has 27 heavy (non-hydrogen) atoms. The summed E-state index contributed by atoms with van der Waals surface area (Å²) < 4.78 is 37.4. The predicted molar refractivity (Wildman–Crippen MR) is 104 cm³/mol. The van der Waals surface area contributed by atoms with Gasteiger partial charge in [-0.05, 0) is 61.4 Å². The first-order chi connectivity index (χ1) is 12.9. The molecule has 0 aliphatic heterocycles. The number of ether oxygens (including phenoxy) is 2. The van der Waals surface area contributed by atoms with E-state index < -0.39 is 10.0 Å². The molecule has 0 heterocycles. The maximum Gasteiger partial charge on any atom is 0.262 e. The SMILES string of the molecule is CCCNS(=O)(=O)c1ccc(OCC(=O)Nc2ccc(OC)cc2)c(C)c1. The summed E-state index contributed by atoms with van der Waals surface area (Å²) >= 11 is 0. The molecule has 0 atom stereocenters. The van der Waals surface area contributed by atoms with Gasteiger partial charge in [0, 0.05) is 12.2 Å². The lowest BCUT2D eigenvalue weighted by atomic mass is 10.2. The van der Waals surface area contributed by atoms with Crippen molar-refractivity contribution in [3.8, 4) is 11.5 Å². The first-order valence-electron chi connectivity index (χ1n) is 8.52. The fourth-order valence-electron chi connectivity index (χ4n) is 2.29. The van der Waals surface area contributed by atoms with E-state index in [0.29, 0.717) is 35.7 Å². The Hall–Kier alpha value is -2.58. The van der Waals surface area contributed by atoms with Gasteiger partial charge in [0.2, 0.25) is 10.0 Å². The van der Waals surface area contributed by atoms with E-state index in [4.69, 9.17) is 9.47 Å². The van der Waals surface area contributed by atoms with Crippen molar-refractivity contribution in [2.24, 2.45) is 0 Å². The molecule has 0 saturated heterocycles. The highest BCUT2D eigenvalue weighted by Crippen LogP contribution is 2.22. The Bertz CT molecular complexity index is 879. The van der Waals surface area contributed by atoms with Crippen LogP contribution in [0.1, 0.15) is 18.9 Å². The van der Waals surface area contributed by atoms with Crippen molar-refractivity contribution in [3.63, 3.8) is 0 Å². The summed E-state index contributed by atoms with van der Waals surface area (Å²) in [6.07, 6.45) is 0.711. The van der Waals surface area contributed by atoms with Gasteiger partial charge in [0.1, 0.15) is 11.5 Å². The van der Waals surface area contributed by atoms with Crippen LogP contribution in [0.5, 0.6) is 11.5 Å². The second-order valence-electron chi connectivity index (χ2n) is 5.89. The number of amides is 1. The van der Waals surface area contributed by atoms with Crippen LogP contribution in [0.2, 0.25) is 0 Å². The Labute approximate surface area is 159 Å². The highest BCUT2D eigenvalue weighted by Gasteiger charge is 2.15. The Kier molecular flexibility index (Phi) is 7.20. The number of anilines is 1. The predicted octanol–water partition coefficient (Wildman–Crippen LogP) is 2.71. The number of rotatable bonds is 9. The standard InChI is InChI=1S/C19H24N2O5S/c1-4-11-20-27(23,24)17-9-10-18(14(2)12-17)26-13-19(22)21-15-5-7-16(25-3)8-6-15/h5-10,12,20H,4,11,13H2,1-3H3,(H,21,22). The van der Waals surface area contributed by atoms with Crippen LogP contribution >= 0.6 is 0 Å². The Morgan fingerprint density at radius 2 is 1.81 bits per heavy atom. The van der Waals surface area contributed by atoms with Crippen LogP contribution in [0, 0.1) is 6.92 Å². The molecule has 0 fully saturated rings. The van der Waals surface area contributed by atoms with Gasteiger partial charge in [0.25, 0.3) is 5.91 Å². The Morgan fingerprint density at radius 3 is 2.41 bits per heavy atom. The molecule has 8 heteroatoms. The minimum Gasteiger partial charge on any atom is -0.497 e. The second-order valence-corrected chi connectivity index (χ2v) is 7.66. The summed E-state index contributed by atoms with van der Waals surface area (Å²) in [5, 5.41) is 2.72. The molecular weight excluding hydrogens is 368 g/mol. The van der Waals surface area contributed by atoms with E-state index in [1.165, 1.54) is 12.1 Å². The molecule has 2 aromatic carbocycles. The summed E-state index contributed by atoms with van der Waals surface area (Å²) in [4.78, 5) is 12.2. The largest absolute Gasteiger partial charge is 0.497 e. The molecule has 0 bridgehead atoms. The van der Waals surface area contributed by atoms with Crippen LogP contribution in [0.15, 0.2) is 47.4 Å². The van der Waals surface area contributed by atoms with Gasteiger partial charge >= 0.3 is 0 Å². The number of aryl methyl sites for hydroxylation is 1. The summed E-state index contributed by atoms with van der Waals surface area (Å²) in [7, 11) is -1.96. The van der Waals surface area contributed by atoms with Crippen molar-refractivity contribution >= 4 is 21.6 Å². The third-order valence-corrected chi connectivity index (χ3v) is 5.19. The zero-order valence-electron chi connectivity index (χ0n) is 15.6. The summed E-state index contributed by atoms with van der Waals surface area (Å²) in [5.41, 5.74) is 1.26. The highest BCUT2D eigenvalue weighted by atomic mass is 32.2. The van der Waals surface area contributed by atoms with Gasteiger partial charge in [0.15, 0.2) is 6.61 Å². The van der Waals surface area contributed by atoms with E-state index in [9.17, 15) is 13.2 Å². The summed E-state index contributed by atoms with van der Waals surface area (Å²) in [5.74, 6) is 0.832. The van der Waals surface area contributed by atoms with Crippen LogP contribution in [-0.2, 0) is 14.8 Å². The number of carbonyl (C=O) groups excluding carboxylic acids is 1. The third kappa shape index (κ3) is 5.97. The van der Waals surface area contributed by atoms with Gasteiger partial charge in [-0.2, -0.15) is 0 Å². The van der Waals surface area contributed by atoms with Crippen molar-refractivity contribution in [3.05, 3.63) is 48.0 Å². The average Bonchev–Trinajstić information content (AvgIpc) is 2.66. The maximum absolute atomic E-state index is 12.1. The van der Waals surface area contributed by atoms with Crippen LogP contribution in [0.4, 0.5) is 5.69 Å². The molecule has 0 unspecified atom stereocenters. The van der Waals surface area contributed by atoms with E-state index in [1.807, 2.05) is 6.92 Å². The van der Waals surface area contributed by atoms with Crippen LogP contribution < -0.4 is 19.5 Å². The van der Waals surface area contributed by atoms with Crippen molar-refractivity contribution in [2.75, 3.05) is 25.6 Å². The average molecular weight is 392 g/mol. The Morgan fingerprint density at radius 1 is 1.11 bits per heavy atom. The molecule has 146 valence electrons. The summed E-state index contributed by atoms with van der Waals surface area (Å²) in [6.45, 7) is 3.81. The van der Waals surface area contributed by atoms with Gasteiger partial charge < -0.3 is 14.8 Å². The van der Waals surface area contributed by atoms with Crippen molar-refractivity contribution in [2.45, 2.75) is 25.2 Å². The van der Waals surface area contributed by atoms with Gasteiger partial charge in [0.05, 0.1) is 12.0 Å². The van der Waals surface area contributed by atoms with Gasteiger partial charge in [-0.3, -0.25) is 4.79 Å². The topological polar surface area (TPSA) is 93.7 Å². The fourth-order valence-corrected chi connectivity index (χ4v) is 3.50. The van der Waals surface area contributed by atoms with Crippen LogP contribution in [0.25, 0.3) is 0 Å². The van der Waals surface area contributed by atoms with E-state index in [2.05, 4.69) is 10.0 Å². The van der Waals surface area contributed by atoms with E-state index >= 15 is 0 Å². The minimum atomic E-state index is -3.53. The molecule has 0 aromatic heterocycles. The smallest absolute Gasteiger partial charge is 0.262 e. The molecule has 0 spiro atoms. The zero-order chi connectivity index (χ0) is 19.9. The number of hydrogen-bond acceptors (Lipinski definition) is 5. The normalized spacial score (nSPS) is 11.1. The zero-order valence-corrected chi connectivity index (χ0v) is 16.4. The summed E-state index contributed by atoms with van der Waals surface area (Å²) in [6, 6.07) is 11.5. The van der Waals surface area contributed by atoms with Crippen molar-refractivity contribution in [1.82, 2.24) is 4.72 Å². The molecule has 0 aliphatic rings. The second kappa shape index (κ2) is 9.38. The molecule has 0 radical (unpaired) electrons. The first kappa shape index (κ1) is 20.7. The Balaban J connectivity index is 1.96.